The number of aryl methyl sites for hydroxylation is 1. The lowest BCUT2D eigenvalue weighted by atomic mass is 9.91. The summed E-state index contributed by atoms with van der Waals surface area (Å²) in [4.78, 5) is 29.5. The lowest BCUT2D eigenvalue weighted by molar-refractivity contribution is -0.133. The zero-order valence-corrected chi connectivity index (χ0v) is 20.6. The highest BCUT2D eigenvalue weighted by molar-refractivity contribution is 6.00. The number of rotatable bonds is 7. The van der Waals surface area contributed by atoms with E-state index in [1.54, 1.807) is 0 Å². The van der Waals surface area contributed by atoms with Gasteiger partial charge in [-0.3, -0.25) is 9.59 Å². The Kier molecular flexibility index (Phi) is 6.76. The van der Waals surface area contributed by atoms with Gasteiger partial charge in [-0.2, -0.15) is 0 Å². The molecule has 2 aromatic carbocycles. The Morgan fingerprint density at radius 2 is 1.57 bits per heavy atom. The van der Waals surface area contributed by atoms with E-state index in [1.165, 1.54) is 12.0 Å². The Bertz CT molecular complexity index is 1160. The maximum Gasteiger partial charge on any atom is 0.271 e. The van der Waals surface area contributed by atoms with Gasteiger partial charge >= 0.3 is 0 Å². The molecule has 2 aliphatic rings. The van der Waals surface area contributed by atoms with Gasteiger partial charge in [0.05, 0.1) is 6.54 Å². The number of nitrogens with zero attached hydrogens (tertiary/aromatic N) is 2. The zero-order chi connectivity index (χ0) is 24.3. The van der Waals surface area contributed by atoms with E-state index in [-0.39, 0.29) is 17.9 Å². The smallest absolute Gasteiger partial charge is 0.271 e. The number of carbonyl (C=O) groups is 2. The number of fused-ring (bicyclic) bond motifs is 1. The predicted molar refractivity (Wildman–Crippen MR) is 139 cm³/mol. The van der Waals surface area contributed by atoms with E-state index in [9.17, 15) is 9.59 Å². The molecule has 5 nitrogen and oxygen atoms in total. The van der Waals surface area contributed by atoms with Crippen LogP contribution in [0.2, 0.25) is 0 Å². The summed E-state index contributed by atoms with van der Waals surface area (Å²) in [6.07, 6.45) is 7.28. The van der Waals surface area contributed by atoms with Gasteiger partial charge in [0.1, 0.15) is 11.2 Å². The van der Waals surface area contributed by atoms with Crippen LogP contribution in [0, 0.1) is 0 Å². The molecule has 0 bridgehead atoms. The third-order valence-electron chi connectivity index (χ3n) is 7.70. The quantitative estimate of drug-likeness (QED) is 0.500. The Morgan fingerprint density at radius 1 is 0.914 bits per heavy atom. The van der Waals surface area contributed by atoms with Gasteiger partial charge in [0, 0.05) is 18.3 Å². The molecule has 1 aromatic heterocycles. The molecule has 0 unspecified atom stereocenters. The predicted octanol–water partition coefficient (Wildman–Crippen LogP) is 5.45. The van der Waals surface area contributed by atoms with Crippen molar-refractivity contribution in [3.8, 4) is 11.3 Å². The Morgan fingerprint density at radius 3 is 2.29 bits per heavy atom. The number of amides is 2. The number of benzene rings is 2. The van der Waals surface area contributed by atoms with E-state index >= 15 is 0 Å². The summed E-state index contributed by atoms with van der Waals surface area (Å²) in [5.41, 5.74) is 3.00. The molecule has 0 spiro atoms. The van der Waals surface area contributed by atoms with Gasteiger partial charge in [-0.1, -0.05) is 79.9 Å². The summed E-state index contributed by atoms with van der Waals surface area (Å²) < 4.78 is 2.05. The van der Waals surface area contributed by atoms with Crippen LogP contribution in [0.25, 0.3) is 11.3 Å². The number of hydrogen-bond donors (Lipinski definition) is 1. The normalized spacial score (nSPS) is 20.5. The highest BCUT2D eigenvalue weighted by Crippen LogP contribution is 2.34. The summed E-state index contributed by atoms with van der Waals surface area (Å²) in [6.45, 7) is 2.95. The molecule has 0 saturated heterocycles. The molecule has 35 heavy (non-hydrogen) atoms. The van der Waals surface area contributed by atoms with Crippen LogP contribution < -0.4 is 5.32 Å². The highest BCUT2D eigenvalue weighted by atomic mass is 16.2. The van der Waals surface area contributed by atoms with Crippen molar-refractivity contribution in [2.75, 3.05) is 6.54 Å². The molecular formula is C30H35N3O2. The molecule has 0 radical (unpaired) electrons. The number of aromatic nitrogens is 1. The second kappa shape index (κ2) is 10.1. The molecule has 1 aliphatic heterocycles. The van der Waals surface area contributed by atoms with Gasteiger partial charge in [-0.25, -0.2) is 0 Å². The van der Waals surface area contributed by atoms with Gasteiger partial charge in [-0.15, -0.1) is 0 Å². The molecule has 1 atom stereocenters. The van der Waals surface area contributed by atoms with Crippen LogP contribution in [0.4, 0.5) is 0 Å². The summed E-state index contributed by atoms with van der Waals surface area (Å²) >= 11 is 0. The Labute approximate surface area is 208 Å². The fraction of sp³-hybridized carbons (Fsp3) is 0.400. The summed E-state index contributed by atoms with van der Waals surface area (Å²) in [7, 11) is 0. The van der Waals surface area contributed by atoms with E-state index in [1.807, 2.05) is 64.9 Å². The van der Waals surface area contributed by atoms with Crippen molar-refractivity contribution in [1.29, 1.82) is 0 Å². The Hall–Kier alpha value is -3.34. The van der Waals surface area contributed by atoms with Gasteiger partial charge in [-0.05, 0) is 55.9 Å². The highest BCUT2D eigenvalue weighted by Gasteiger charge is 2.47. The number of carbonyl (C=O) groups excluding carboxylic acids is 2. The van der Waals surface area contributed by atoms with Crippen LogP contribution in [0.5, 0.6) is 0 Å². The maximum absolute atomic E-state index is 13.8. The van der Waals surface area contributed by atoms with Crippen LogP contribution in [0.15, 0.2) is 72.8 Å². The largest absolute Gasteiger partial charge is 0.351 e. The van der Waals surface area contributed by atoms with Crippen molar-refractivity contribution in [3.05, 3.63) is 84.1 Å². The molecular weight excluding hydrogens is 434 g/mol. The summed E-state index contributed by atoms with van der Waals surface area (Å²) in [5.74, 6) is -0.0939. The first-order valence-corrected chi connectivity index (χ1v) is 13.0. The molecule has 1 N–H and O–H groups in total. The van der Waals surface area contributed by atoms with Gasteiger partial charge in [0.15, 0.2) is 0 Å². The summed E-state index contributed by atoms with van der Waals surface area (Å²) in [6, 6.07) is 24.6. The van der Waals surface area contributed by atoms with E-state index in [2.05, 4.69) is 29.6 Å². The van der Waals surface area contributed by atoms with Crippen LogP contribution in [-0.4, -0.2) is 39.4 Å². The molecule has 5 rings (SSSR count). The maximum atomic E-state index is 13.8. The first-order valence-electron chi connectivity index (χ1n) is 13.0. The topological polar surface area (TPSA) is 54.3 Å². The van der Waals surface area contributed by atoms with Crippen LogP contribution in [0.3, 0.4) is 0 Å². The molecule has 3 aromatic rings. The average Bonchev–Trinajstić information content (AvgIpc) is 3.31. The van der Waals surface area contributed by atoms with Gasteiger partial charge < -0.3 is 14.8 Å². The van der Waals surface area contributed by atoms with Crippen molar-refractivity contribution in [2.24, 2.45) is 0 Å². The van der Waals surface area contributed by atoms with E-state index in [4.69, 9.17) is 0 Å². The van der Waals surface area contributed by atoms with Crippen molar-refractivity contribution in [2.45, 2.75) is 70.0 Å². The minimum absolute atomic E-state index is 0.0316. The molecule has 1 aliphatic carbocycles. The van der Waals surface area contributed by atoms with Crippen molar-refractivity contribution in [1.82, 2.24) is 14.8 Å². The van der Waals surface area contributed by atoms with Crippen LogP contribution in [0.1, 0.15) is 61.5 Å². The fourth-order valence-corrected chi connectivity index (χ4v) is 5.66. The minimum atomic E-state index is -0.944. The Balaban J connectivity index is 1.44. The fourth-order valence-electron chi connectivity index (χ4n) is 5.66. The molecule has 2 heterocycles. The lowest BCUT2D eigenvalue weighted by Gasteiger charge is -2.45. The average molecular weight is 470 g/mol. The van der Waals surface area contributed by atoms with Crippen molar-refractivity contribution in [3.63, 3.8) is 0 Å². The monoisotopic (exact) mass is 469 g/mol. The third kappa shape index (κ3) is 4.77. The van der Waals surface area contributed by atoms with Crippen molar-refractivity contribution >= 4 is 11.8 Å². The second-order valence-corrected chi connectivity index (χ2v) is 10.2. The number of hydrogen-bond acceptors (Lipinski definition) is 2. The van der Waals surface area contributed by atoms with Gasteiger partial charge in [0.25, 0.3) is 5.91 Å². The molecule has 182 valence electrons. The van der Waals surface area contributed by atoms with Crippen LogP contribution in [-0.2, 0) is 17.8 Å². The second-order valence-electron chi connectivity index (χ2n) is 10.2. The molecule has 1 fully saturated rings. The SMILES string of the molecule is C[C@]1(C(=O)NC2CCCCC2)Cn2c(ccc2-c2ccccc2)C(=O)N1CCCc1ccccc1. The van der Waals surface area contributed by atoms with E-state index in [0.717, 1.165) is 49.8 Å². The standard InChI is InChI=1S/C30H35N3O2/c1-30(29(35)31-25-17-9-4-10-18-25)22-32-26(24-15-7-3-8-16-24)19-20-27(32)28(34)33(30)21-11-14-23-12-5-2-6-13-23/h2-3,5-8,12-13,15-16,19-20,25H,4,9-11,14,17-18,21-22H2,1H3,(H,31,35)/t30-/m1/s1. The lowest BCUT2D eigenvalue weighted by Crippen LogP contribution is -2.65. The zero-order valence-electron chi connectivity index (χ0n) is 20.6. The molecule has 1 saturated carbocycles. The van der Waals surface area contributed by atoms with E-state index < -0.39 is 5.54 Å². The van der Waals surface area contributed by atoms with Gasteiger partial charge in [0.2, 0.25) is 5.91 Å². The molecule has 2 amide bonds. The third-order valence-corrected chi connectivity index (χ3v) is 7.70. The van der Waals surface area contributed by atoms with E-state index in [0.29, 0.717) is 18.8 Å². The summed E-state index contributed by atoms with van der Waals surface area (Å²) in [5, 5.41) is 3.32. The molecule has 5 heteroatoms. The first kappa shape index (κ1) is 23.4. The first-order chi connectivity index (χ1) is 17.1. The minimum Gasteiger partial charge on any atom is -0.351 e. The number of nitrogens with one attached hydrogen (secondary N) is 1. The van der Waals surface area contributed by atoms with Crippen molar-refractivity contribution < 1.29 is 9.59 Å². The van der Waals surface area contributed by atoms with Crippen LogP contribution >= 0.6 is 0 Å².